The highest BCUT2D eigenvalue weighted by Crippen LogP contribution is 2.26. The van der Waals surface area contributed by atoms with E-state index in [9.17, 15) is 0 Å². The summed E-state index contributed by atoms with van der Waals surface area (Å²) in [6.45, 7) is 11.6. The second-order valence-corrected chi connectivity index (χ2v) is 8.77. The number of rotatable bonds is 6. The van der Waals surface area contributed by atoms with E-state index in [1.807, 2.05) is 0 Å². The molecule has 0 spiro atoms. The largest absolute Gasteiger partial charge is 0.375 e. The molecule has 0 saturated carbocycles. The van der Waals surface area contributed by atoms with Gasteiger partial charge in [0.2, 0.25) is 0 Å². The van der Waals surface area contributed by atoms with Crippen LogP contribution >= 0.6 is 24.0 Å². The predicted octanol–water partition coefficient (Wildman–Crippen LogP) is 3.60. The molecule has 0 aromatic heterocycles. The van der Waals surface area contributed by atoms with Gasteiger partial charge in [0.05, 0.1) is 25.3 Å². The Hall–Kier alpha value is -0.900. The van der Waals surface area contributed by atoms with E-state index in [2.05, 4.69) is 53.2 Å². The van der Waals surface area contributed by atoms with Crippen LogP contribution in [0.3, 0.4) is 0 Å². The molecule has 1 aromatic carbocycles. The molecule has 174 valence electrons. The van der Waals surface area contributed by atoms with Crippen molar-refractivity contribution in [3.05, 3.63) is 35.4 Å². The third kappa shape index (κ3) is 6.55. The molecule has 1 N–H and O–H groups in total. The van der Waals surface area contributed by atoms with Crippen LogP contribution in [0.1, 0.15) is 49.8 Å². The summed E-state index contributed by atoms with van der Waals surface area (Å²) in [5.74, 6) is 1.01. The zero-order valence-corrected chi connectivity index (χ0v) is 21.4. The highest BCUT2D eigenvalue weighted by Gasteiger charge is 2.32. The van der Waals surface area contributed by atoms with Crippen LogP contribution in [0.15, 0.2) is 29.3 Å². The van der Waals surface area contributed by atoms with Crippen molar-refractivity contribution in [2.24, 2.45) is 4.99 Å². The van der Waals surface area contributed by atoms with Gasteiger partial charge < -0.3 is 19.7 Å². The lowest BCUT2D eigenvalue weighted by Crippen LogP contribution is -2.53. The molecule has 7 heteroatoms. The first-order valence-corrected chi connectivity index (χ1v) is 11.8. The van der Waals surface area contributed by atoms with E-state index in [0.29, 0.717) is 6.04 Å². The van der Waals surface area contributed by atoms with Gasteiger partial charge in [-0.25, -0.2) is 0 Å². The number of hydrogen-bond acceptors (Lipinski definition) is 4. The van der Waals surface area contributed by atoms with E-state index >= 15 is 0 Å². The molecule has 3 fully saturated rings. The van der Waals surface area contributed by atoms with Crippen LogP contribution in [0.2, 0.25) is 0 Å². The lowest BCUT2D eigenvalue weighted by atomic mass is 10.0. The van der Waals surface area contributed by atoms with Gasteiger partial charge in [-0.05, 0) is 58.2 Å². The Balaban J connectivity index is 0.00000272. The monoisotopic (exact) mass is 542 g/mol. The van der Waals surface area contributed by atoms with Gasteiger partial charge in [-0.1, -0.05) is 29.8 Å². The van der Waals surface area contributed by atoms with Gasteiger partial charge in [-0.3, -0.25) is 9.89 Å². The first-order valence-electron chi connectivity index (χ1n) is 11.8. The SMILES string of the molecule is CCNC(=NCC(c1ccc(C)cc1)N1CCCC1)N1CCOC(C2CCCO2)C1.I. The summed E-state index contributed by atoms with van der Waals surface area (Å²) in [6.07, 6.45) is 5.22. The summed E-state index contributed by atoms with van der Waals surface area (Å²) in [4.78, 5) is 10.1. The number of aliphatic imine (C=N–C) groups is 1. The number of morpholine rings is 1. The Bertz CT molecular complexity index is 687. The van der Waals surface area contributed by atoms with Gasteiger partial charge in [-0.2, -0.15) is 0 Å². The number of benzene rings is 1. The minimum atomic E-state index is 0. The van der Waals surface area contributed by atoms with Crippen LogP contribution in [0.25, 0.3) is 0 Å². The van der Waals surface area contributed by atoms with E-state index in [1.165, 1.54) is 37.1 Å². The second-order valence-electron chi connectivity index (χ2n) is 8.77. The third-order valence-corrected chi connectivity index (χ3v) is 6.57. The van der Waals surface area contributed by atoms with Gasteiger partial charge in [-0.15, -0.1) is 24.0 Å². The molecule has 3 atom stereocenters. The standard InChI is InChI=1S/C24H38N4O2.HI/c1-3-25-24(28-14-16-30-23(18-28)22-7-6-15-29-22)26-17-21(27-12-4-5-13-27)20-10-8-19(2)9-11-20;/h8-11,21-23H,3-7,12-18H2,1-2H3,(H,25,26);1H. The molecule has 6 nitrogen and oxygen atoms in total. The van der Waals surface area contributed by atoms with Gasteiger partial charge in [0.1, 0.15) is 6.10 Å². The molecule has 0 aliphatic carbocycles. The topological polar surface area (TPSA) is 49.3 Å². The van der Waals surface area contributed by atoms with Crippen molar-refractivity contribution < 1.29 is 9.47 Å². The van der Waals surface area contributed by atoms with Crippen LogP contribution in [-0.2, 0) is 9.47 Å². The van der Waals surface area contributed by atoms with Gasteiger partial charge in [0.15, 0.2) is 5.96 Å². The second kappa shape index (κ2) is 12.4. The van der Waals surface area contributed by atoms with Crippen molar-refractivity contribution in [2.75, 3.05) is 52.5 Å². The fourth-order valence-corrected chi connectivity index (χ4v) is 4.86. The van der Waals surface area contributed by atoms with Gasteiger partial charge >= 0.3 is 0 Å². The highest BCUT2D eigenvalue weighted by molar-refractivity contribution is 14.0. The molecule has 3 aliphatic heterocycles. The normalized spacial score (nSPS) is 26.0. The summed E-state index contributed by atoms with van der Waals surface area (Å²) in [6, 6.07) is 9.35. The van der Waals surface area contributed by atoms with E-state index in [1.54, 1.807) is 0 Å². The Morgan fingerprint density at radius 1 is 1.06 bits per heavy atom. The third-order valence-electron chi connectivity index (χ3n) is 6.57. The number of likely N-dealkylation sites (tertiary alicyclic amines) is 1. The Kier molecular flexibility index (Phi) is 9.87. The fourth-order valence-electron chi connectivity index (χ4n) is 4.86. The van der Waals surface area contributed by atoms with Crippen molar-refractivity contribution in [2.45, 2.75) is 57.8 Å². The molecule has 0 amide bonds. The average molecular weight is 543 g/mol. The van der Waals surface area contributed by atoms with E-state index in [4.69, 9.17) is 14.5 Å². The lowest BCUT2D eigenvalue weighted by Gasteiger charge is -2.37. The molecule has 0 radical (unpaired) electrons. The maximum Gasteiger partial charge on any atom is 0.194 e. The van der Waals surface area contributed by atoms with E-state index < -0.39 is 0 Å². The number of halogens is 1. The van der Waals surface area contributed by atoms with Crippen LogP contribution in [0.4, 0.5) is 0 Å². The number of ether oxygens (including phenoxy) is 2. The van der Waals surface area contributed by atoms with Crippen molar-refractivity contribution in [3.8, 4) is 0 Å². The molecule has 3 saturated heterocycles. The van der Waals surface area contributed by atoms with Crippen LogP contribution in [0, 0.1) is 6.92 Å². The summed E-state index contributed by atoms with van der Waals surface area (Å²) >= 11 is 0. The number of aryl methyl sites for hydroxylation is 1. The summed E-state index contributed by atoms with van der Waals surface area (Å²) < 4.78 is 11.9. The van der Waals surface area contributed by atoms with Crippen LogP contribution in [-0.4, -0.2) is 80.4 Å². The van der Waals surface area contributed by atoms with E-state index in [0.717, 1.165) is 58.2 Å². The zero-order valence-electron chi connectivity index (χ0n) is 19.1. The molecular formula is C24H39IN4O2. The molecule has 3 aliphatic rings. The Morgan fingerprint density at radius 2 is 1.81 bits per heavy atom. The van der Waals surface area contributed by atoms with Crippen LogP contribution in [0.5, 0.6) is 0 Å². The summed E-state index contributed by atoms with van der Waals surface area (Å²) in [5.41, 5.74) is 2.69. The molecule has 1 aromatic rings. The zero-order chi connectivity index (χ0) is 20.8. The number of nitrogens with zero attached hydrogens (tertiary/aromatic N) is 3. The van der Waals surface area contributed by atoms with E-state index in [-0.39, 0.29) is 36.2 Å². The first-order chi connectivity index (χ1) is 14.7. The maximum absolute atomic E-state index is 6.05. The molecular weight excluding hydrogens is 503 g/mol. The fraction of sp³-hybridized carbons (Fsp3) is 0.708. The smallest absolute Gasteiger partial charge is 0.194 e. The highest BCUT2D eigenvalue weighted by atomic mass is 127. The molecule has 3 heterocycles. The molecule has 3 unspecified atom stereocenters. The van der Waals surface area contributed by atoms with Crippen molar-refractivity contribution in [3.63, 3.8) is 0 Å². The number of hydrogen-bond donors (Lipinski definition) is 1. The molecule has 4 rings (SSSR count). The summed E-state index contributed by atoms with van der Waals surface area (Å²) in [7, 11) is 0. The molecule has 31 heavy (non-hydrogen) atoms. The van der Waals surface area contributed by atoms with Gasteiger partial charge in [0.25, 0.3) is 0 Å². The number of nitrogens with one attached hydrogen (secondary N) is 1. The maximum atomic E-state index is 6.05. The van der Waals surface area contributed by atoms with Gasteiger partial charge in [0, 0.05) is 26.2 Å². The minimum absolute atomic E-state index is 0. The minimum Gasteiger partial charge on any atom is -0.375 e. The van der Waals surface area contributed by atoms with Crippen LogP contribution < -0.4 is 5.32 Å². The first kappa shape index (κ1) is 24.7. The quantitative estimate of drug-likeness (QED) is 0.339. The number of guanidine groups is 1. The lowest BCUT2D eigenvalue weighted by molar-refractivity contribution is -0.0817. The molecule has 0 bridgehead atoms. The average Bonchev–Trinajstić information content (AvgIpc) is 3.49. The van der Waals surface area contributed by atoms with Crippen molar-refractivity contribution >= 4 is 29.9 Å². The predicted molar refractivity (Wildman–Crippen MR) is 136 cm³/mol. The van der Waals surface area contributed by atoms with Crippen molar-refractivity contribution in [1.82, 2.24) is 15.1 Å². The summed E-state index contributed by atoms with van der Waals surface area (Å²) in [5, 5.41) is 3.53. The Morgan fingerprint density at radius 3 is 2.48 bits per heavy atom. The van der Waals surface area contributed by atoms with Crippen molar-refractivity contribution in [1.29, 1.82) is 0 Å². The Labute approximate surface area is 204 Å².